The summed E-state index contributed by atoms with van der Waals surface area (Å²) in [6.45, 7) is 5.62. The van der Waals surface area contributed by atoms with Gasteiger partial charge in [-0.2, -0.15) is 0 Å². The first-order valence-corrected chi connectivity index (χ1v) is 11.8. The summed E-state index contributed by atoms with van der Waals surface area (Å²) in [4.78, 5) is 25.4. The summed E-state index contributed by atoms with van der Waals surface area (Å²) >= 11 is 0. The van der Waals surface area contributed by atoms with E-state index in [2.05, 4.69) is 30.4 Å². The number of amides is 2. The van der Waals surface area contributed by atoms with Crippen molar-refractivity contribution in [3.05, 3.63) is 48.3 Å². The van der Waals surface area contributed by atoms with Gasteiger partial charge in [-0.15, -0.1) is 0 Å². The lowest BCUT2D eigenvalue weighted by molar-refractivity contribution is 0.155. The predicted molar refractivity (Wildman–Crippen MR) is 125 cm³/mol. The Balaban J connectivity index is 1.11. The maximum Gasteiger partial charge on any atom is 0.315 e. The number of aromatic nitrogens is 2. The van der Waals surface area contributed by atoms with Crippen LogP contribution in [0.5, 0.6) is 5.75 Å². The Kier molecular flexibility index (Phi) is 8.14. The van der Waals surface area contributed by atoms with Crippen molar-refractivity contribution >= 4 is 12.0 Å². The molecule has 0 spiro atoms. The molecule has 2 fully saturated rings. The van der Waals surface area contributed by atoms with Gasteiger partial charge in [0, 0.05) is 58.2 Å². The Morgan fingerprint density at radius 3 is 2.56 bits per heavy atom. The number of carbonyl (C=O) groups excluding carboxylic acids is 1. The lowest BCUT2D eigenvalue weighted by Crippen LogP contribution is -2.49. The smallest absolute Gasteiger partial charge is 0.315 e. The zero-order valence-corrected chi connectivity index (χ0v) is 18.7. The van der Waals surface area contributed by atoms with E-state index in [1.54, 1.807) is 12.4 Å². The molecule has 2 aromatic rings. The average molecular weight is 439 g/mol. The summed E-state index contributed by atoms with van der Waals surface area (Å²) in [5, 5.41) is 5.91. The Hall–Kier alpha value is -2.87. The largest absolute Gasteiger partial charge is 0.490 e. The zero-order chi connectivity index (χ0) is 22.0. The molecule has 1 saturated carbocycles. The van der Waals surface area contributed by atoms with Gasteiger partial charge in [-0.05, 0) is 49.4 Å². The minimum absolute atomic E-state index is 0.139. The first-order chi connectivity index (χ1) is 15.8. The SMILES string of the molecule is O=C(NCCN1CCN(c2ncccn2)CC1)NCc1cccc(OC2CCCCC2)c1. The molecule has 1 aromatic carbocycles. The van der Waals surface area contributed by atoms with Gasteiger partial charge in [-0.25, -0.2) is 14.8 Å². The van der Waals surface area contributed by atoms with E-state index in [9.17, 15) is 4.79 Å². The highest BCUT2D eigenvalue weighted by atomic mass is 16.5. The Morgan fingerprint density at radius 1 is 1.00 bits per heavy atom. The van der Waals surface area contributed by atoms with E-state index < -0.39 is 0 Å². The van der Waals surface area contributed by atoms with Gasteiger partial charge in [0.2, 0.25) is 5.95 Å². The molecule has 2 aliphatic rings. The molecule has 1 aromatic heterocycles. The van der Waals surface area contributed by atoms with Crippen molar-refractivity contribution in [2.75, 3.05) is 44.2 Å². The van der Waals surface area contributed by atoms with Gasteiger partial charge in [0.25, 0.3) is 0 Å². The third-order valence-electron chi connectivity index (χ3n) is 6.13. The first-order valence-electron chi connectivity index (χ1n) is 11.8. The van der Waals surface area contributed by atoms with Crippen LogP contribution in [0.2, 0.25) is 0 Å². The summed E-state index contributed by atoms with van der Waals surface area (Å²) in [5.74, 6) is 1.69. The summed E-state index contributed by atoms with van der Waals surface area (Å²) in [5.41, 5.74) is 1.05. The van der Waals surface area contributed by atoms with Crippen molar-refractivity contribution < 1.29 is 9.53 Å². The number of piperazine rings is 1. The lowest BCUT2D eigenvalue weighted by Gasteiger charge is -2.34. The van der Waals surface area contributed by atoms with E-state index in [4.69, 9.17) is 4.74 Å². The highest BCUT2D eigenvalue weighted by Gasteiger charge is 2.18. The van der Waals surface area contributed by atoms with Gasteiger partial charge < -0.3 is 20.3 Å². The van der Waals surface area contributed by atoms with Crippen LogP contribution in [-0.4, -0.2) is 66.3 Å². The predicted octanol–water partition coefficient (Wildman–Crippen LogP) is 2.81. The fraction of sp³-hybridized carbons (Fsp3) is 0.542. The quantitative estimate of drug-likeness (QED) is 0.660. The van der Waals surface area contributed by atoms with Gasteiger partial charge in [-0.3, -0.25) is 4.90 Å². The van der Waals surface area contributed by atoms with Crippen molar-refractivity contribution in [1.82, 2.24) is 25.5 Å². The Labute approximate surface area is 190 Å². The standard InChI is InChI=1S/C24H34N6O2/c31-24(27-12-13-29-14-16-30(17-15-29)23-25-10-5-11-26-23)28-19-20-6-4-9-22(18-20)32-21-7-2-1-3-8-21/h4-6,9-11,18,21H,1-3,7-8,12-17,19H2,(H2,27,28,31). The number of anilines is 1. The van der Waals surface area contributed by atoms with Gasteiger partial charge in [0.15, 0.2) is 0 Å². The van der Waals surface area contributed by atoms with E-state index in [-0.39, 0.29) is 6.03 Å². The molecule has 1 aliphatic heterocycles. The topological polar surface area (TPSA) is 82.6 Å². The molecule has 0 radical (unpaired) electrons. The number of ether oxygens (including phenoxy) is 1. The molecular formula is C24H34N6O2. The number of nitrogens with one attached hydrogen (secondary N) is 2. The van der Waals surface area contributed by atoms with Crippen LogP contribution in [-0.2, 0) is 6.54 Å². The molecule has 2 amide bonds. The molecule has 0 bridgehead atoms. The summed E-state index contributed by atoms with van der Waals surface area (Å²) < 4.78 is 6.13. The second-order valence-corrected chi connectivity index (χ2v) is 8.51. The highest BCUT2D eigenvalue weighted by molar-refractivity contribution is 5.73. The molecule has 8 nitrogen and oxygen atoms in total. The van der Waals surface area contributed by atoms with Gasteiger partial charge >= 0.3 is 6.03 Å². The Bertz CT molecular complexity index is 835. The van der Waals surface area contributed by atoms with E-state index in [0.29, 0.717) is 19.2 Å². The number of hydrogen-bond donors (Lipinski definition) is 2. The molecule has 2 heterocycles. The number of carbonyl (C=O) groups is 1. The van der Waals surface area contributed by atoms with Gasteiger partial charge in [0.05, 0.1) is 6.10 Å². The van der Waals surface area contributed by atoms with Crippen LogP contribution in [0.25, 0.3) is 0 Å². The average Bonchev–Trinajstić information content (AvgIpc) is 2.85. The van der Waals surface area contributed by atoms with E-state index >= 15 is 0 Å². The molecular weight excluding hydrogens is 404 g/mol. The molecule has 32 heavy (non-hydrogen) atoms. The van der Waals surface area contributed by atoms with E-state index in [1.807, 2.05) is 30.3 Å². The normalized spacial score (nSPS) is 17.7. The molecule has 1 aliphatic carbocycles. The monoisotopic (exact) mass is 438 g/mol. The fourth-order valence-corrected chi connectivity index (χ4v) is 4.30. The number of nitrogens with zero attached hydrogens (tertiary/aromatic N) is 4. The maximum absolute atomic E-state index is 12.2. The lowest BCUT2D eigenvalue weighted by atomic mass is 9.98. The molecule has 8 heteroatoms. The molecule has 1 saturated heterocycles. The third-order valence-corrected chi connectivity index (χ3v) is 6.13. The van der Waals surface area contributed by atoms with Crippen molar-refractivity contribution in [2.45, 2.75) is 44.8 Å². The van der Waals surface area contributed by atoms with Crippen LogP contribution in [0.4, 0.5) is 10.7 Å². The molecule has 2 N–H and O–H groups in total. The van der Waals surface area contributed by atoms with Gasteiger partial charge in [0.1, 0.15) is 5.75 Å². The van der Waals surface area contributed by atoms with Crippen molar-refractivity contribution in [2.24, 2.45) is 0 Å². The zero-order valence-electron chi connectivity index (χ0n) is 18.7. The highest BCUT2D eigenvalue weighted by Crippen LogP contribution is 2.23. The molecule has 172 valence electrons. The Morgan fingerprint density at radius 2 is 1.78 bits per heavy atom. The van der Waals surface area contributed by atoms with Gasteiger partial charge in [-0.1, -0.05) is 18.6 Å². The van der Waals surface area contributed by atoms with Crippen LogP contribution in [0.3, 0.4) is 0 Å². The van der Waals surface area contributed by atoms with Crippen LogP contribution < -0.4 is 20.3 Å². The minimum Gasteiger partial charge on any atom is -0.490 e. The number of hydrogen-bond acceptors (Lipinski definition) is 6. The fourth-order valence-electron chi connectivity index (χ4n) is 4.30. The van der Waals surface area contributed by atoms with Crippen molar-refractivity contribution in [3.63, 3.8) is 0 Å². The molecule has 0 unspecified atom stereocenters. The second-order valence-electron chi connectivity index (χ2n) is 8.51. The second kappa shape index (κ2) is 11.7. The number of rotatable bonds is 8. The van der Waals surface area contributed by atoms with Crippen LogP contribution in [0, 0.1) is 0 Å². The third kappa shape index (κ3) is 6.82. The summed E-state index contributed by atoms with van der Waals surface area (Å²) in [7, 11) is 0. The first kappa shape index (κ1) is 22.3. The van der Waals surface area contributed by atoms with Crippen molar-refractivity contribution in [1.29, 1.82) is 0 Å². The molecule has 0 atom stereocenters. The minimum atomic E-state index is -0.139. The van der Waals surface area contributed by atoms with Crippen molar-refractivity contribution in [3.8, 4) is 5.75 Å². The maximum atomic E-state index is 12.2. The number of benzene rings is 1. The number of urea groups is 1. The van der Waals surface area contributed by atoms with Crippen LogP contribution in [0.15, 0.2) is 42.7 Å². The van der Waals surface area contributed by atoms with E-state index in [1.165, 1.54) is 19.3 Å². The van der Waals surface area contributed by atoms with E-state index in [0.717, 1.165) is 62.8 Å². The summed E-state index contributed by atoms with van der Waals surface area (Å²) in [6.07, 6.45) is 9.98. The summed E-state index contributed by atoms with van der Waals surface area (Å²) in [6, 6.07) is 9.74. The van der Waals surface area contributed by atoms with Crippen LogP contribution in [0.1, 0.15) is 37.7 Å². The molecule has 4 rings (SSSR count). The van der Waals surface area contributed by atoms with Crippen LogP contribution >= 0.6 is 0 Å².